The van der Waals surface area contributed by atoms with Crippen molar-refractivity contribution in [1.29, 1.82) is 0 Å². The maximum atomic E-state index is 11.7. The monoisotopic (exact) mass is 258 g/mol. The zero-order valence-corrected chi connectivity index (χ0v) is 10.6. The number of carbonyl (C=O) groups is 2. The predicted molar refractivity (Wildman–Crippen MR) is 66.2 cm³/mol. The average molecular weight is 258 g/mol. The predicted octanol–water partition coefficient (Wildman–Crippen LogP) is -0.186. The molecule has 1 rings (SSSR count). The molecular weight excluding hydrogens is 236 g/mol. The molecule has 1 fully saturated rings. The Kier molecular flexibility index (Phi) is 6.67. The van der Waals surface area contributed by atoms with Gasteiger partial charge in [-0.1, -0.05) is 0 Å². The van der Waals surface area contributed by atoms with Crippen molar-refractivity contribution in [3.8, 4) is 0 Å². The maximum Gasteiger partial charge on any atom is 0.306 e. The Bertz CT molecular complexity index is 277. The van der Waals surface area contributed by atoms with Crippen molar-refractivity contribution in [3.05, 3.63) is 0 Å². The zero-order valence-electron chi connectivity index (χ0n) is 10.6. The molecule has 1 unspecified atom stereocenters. The second kappa shape index (κ2) is 8.05. The molecule has 104 valence electrons. The van der Waals surface area contributed by atoms with Crippen LogP contribution in [0.1, 0.15) is 32.1 Å². The molecule has 18 heavy (non-hydrogen) atoms. The van der Waals surface area contributed by atoms with E-state index in [1.54, 1.807) is 0 Å². The minimum atomic E-state index is -1.02. The summed E-state index contributed by atoms with van der Waals surface area (Å²) in [5.74, 6) is -0.886. The molecule has 1 aliphatic rings. The van der Waals surface area contributed by atoms with Crippen LogP contribution in [-0.4, -0.2) is 59.3 Å². The van der Waals surface area contributed by atoms with Gasteiger partial charge in [0, 0.05) is 32.6 Å². The number of hydrogen-bond acceptors (Lipinski definition) is 4. The van der Waals surface area contributed by atoms with Gasteiger partial charge in [0.25, 0.3) is 0 Å². The van der Waals surface area contributed by atoms with E-state index in [-0.39, 0.29) is 18.9 Å². The number of aliphatic carboxylic acids is 1. The number of piperidine rings is 1. The maximum absolute atomic E-state index is 11.7. The topological polar surface area (TPSA) is 89.9 Å². The Hall–Kier alpha value is -1.14. The normalized spacial score (nSPS) is 17.5. The van der Waals surface area contributed by atoms with E-state index < -0.39 is 12.1 Å². The summed E-state index contributed by atoms with van der Waals surface area (Å²) in [6.07, 6.45) is 2.59. The first-order valence-electron chi connectivity index (χ1n) is 6.48. The number of carbonyl (C=O) groups excluding carboxylic acids is 1. The van der Waals surface area contributed by atoms with Crippen molar-refractivity contribution in [3.63, 3.8) is 0 Å². The van der Waals surface area contributed by atoms with Crippen molar-refractivity contribution in [2.75, 3.05) is 26.2 Å². The van der Waals surface area contributed by atoms with Gasteiger partial charge in [0.15, 0.2) is 0 Å². The number of rotatable bonds is 7. The molecule has 3 N–H and O–H groups in total. The van der Waals surface area contributed by atoms with E-state index in [1.165, 1.54) is 6.42 Å². The summed E-state index contributed by atoms with van der Waals surface area (Å²) in [6.45, 7) is 2.38. The van der Waals surface area contributed by atoms with Crippen LogP contribution in [-0.2, 0) is 9.59 Å². The van der Waals surface area contributed by atoms with Crippen molar-refractivity contribution in [1.82, 2.24) is 10.2 Å². The van der Waals surface area contributed by atoms with Gasteiger partial charge in [0.1, 0.15) is 0 Å². The lowest BCUT2D eigenvalue weighted by atomic mass is 10.1. The highest BCUT2D eigenvalue weighted by Crippen LogP contribution is 2.09. The summed E-state index contributed by atoms with van der Waals surface area (Å²) in [5.41, 5.74) is 0. The van der Waals surface area contributed by atoms with Gasteiger partial charge in [0.2, 0.25) is 5.91 Å². The van der Waals surface area contributed by atoms with Crippen LogP contribution < -0.4 is 5.32 Å². The van der Waals surface area contributed by atoms with Gasteiger partial charge < -0.3 is 20.4 Å². The van der Waals surface area contributed by atoms with Gasteiger partial charge in [0.05, 0.1) is 12.5 Å². The SMILES string of the molecule is O=C(O)CC(O)CNCCC(=O)N1CCCCC1. The van der Waals surface area contributed by atoms with Crippen LogP contribution in [0.2, 0.25) is 0 Å². The Balaban J connectivity index is 2.06. The van der Waals surface area contributed by atoms with Gasteiger partial charge in [-0.05, 0) is 19.3 Å². The highest BCUT2D eigenvalue weighted by molar-refractivity contribution is 5.76. The number of likely N-dealkylation sites (tertiary alicyclic amines) is 1. The summed E-state index contributed by atoms with van der Waals surface area (Å²) in [4.78, 5) is 23.9. The van der Waals surface area contributed by atoms with Gasteiger partial charge in [-0.3, -0.25) is 9.59 Å². The number of hydrogen-bond donors (Lipinski definition) is 3. The first kappa shape index (κ1) is 14.9. The molecule has 6 nitrogen and oxygen atoms in total. The highest BCUT2D eigenvalue weighted by atomic mass is 16.4. The lowest BCUT2D eigenvalue weighted by Gasteiger charge is -2.26. The fraction of sp³-hybridized carbons (Fsp3) is 0.833. The molecule has 0 spiro atoms. The molecule has 0 saturated carbocycles. The third kappa shape index (κ3) is 5.97. The van der Waals surface area contributed by atoms with Crippen LogP contribution in [0.3, 0.4) is 0 Å². The first-order chi connectivity index (χ1) is 8.59. The van der Waals surface area contributed by atoms with Crippen molar-refractivity contribution in [2.24, 2.45) is 0 Å². The van der Waals surface area contributed by atoms with Crippen molar-refractivity contribution in [2.45, 2.75) is 38.2 Å². The quantitative estimate of drug-likeness (QED) is 0.551. The van der Waals surface area contributed by atoms with E-state index in [4.69, 9.17) is 5.11 Å². The standard InChI is InChI=1S/C12H22N2O4/c15-10(8-12(17)18)9-13-5-4-11(16)14-6-2-1-3-7-14/h10,13,15H,1-9H2,(H,17,18). The number of nitrogens with zero attached hydrogens (tertiary/aromatic N) is 1. The van der Waals surface area contributed by atoms with Gasteiger partial charge in [-0.2, -0.15) is 0 Å². The Labute approximate surface area is 107 Å². The molecule has 6 heteroatoms. The fourth-order valence-electron chi connectivity index (χ4n) is 2.04. The molecule has 0 aliphatic carbocycles. The first-order valence-corrected chi connectivity index (χ1v) is 6.48. The lowest BCUT2D eigenvalue weighted by molar-refractivity contribution is -0.139. The molecule has 0 aromatic heterocycles. The van der Waals surface area contributed by atoms with Crippen LogP contribution in [0.5, 0.6) is 0 Å². The summed E-state index contributed by atoms with van der Waals surface area (Å²) in [6, 6.07) is 0. The summed E-state index contributed by atoms with van der Waals surface area (Å²) >= 11 is 0. The zero-order chi connectivity index (χ0) is 13.4. The highest BCUT2D eigenvalue weighted by Gasteiger charge is 2.16. The summed E-state index contributed by atoms with van der Waals surface area (Å²) in [5, 5.41) is 20.6. The van der Waals surface area contributed by atoms with Crippen LogP contribution in [0.4, 0.5) is 0 Å². The van der Waals surface area contributed by atoms with Crippen LogP contribution >= 0.6 is 0 Å². The summed E-state index contributed by atoms with van der Waals surface area (Å²) in [7, 11) is 0. The van der Waals surface area contributed by atoms with E-state index in [1.807, 2.05) is 4.90 Å². The molecule has 1 atom stereocenters. The van der Waals surface area contributed by atoms with E-state index in [9.17, 15) is 14.7 Å². The molecule has 1 saturated heterocycles. The van der Waals surface area contributed by atoms with Crippen molar-refractivity contribution >= 4 is 11.9 Å². The molecule has 0 bridgehead atoms. The largest absolute Gasteiger partial charge is 0.481 e. The van der Waals surface area contributed by atoms with E-state index in [0.29, 0.717) is 13.0 Å². The number of carboxylic acids is 1. The second-order valence-corrected chi connectivity index (χ2v) is 4.65. The Morgan fingerprint density at radius 3 is 2.50 bits per heavy atom. The second-order valence-electron chi connectivity index (χ2n) is 4.65. The molecule has 1 amide bonds. The number of amides is 1. The minimum absolute atomic E-state index is 0.134. The Morgan fingerprint density at radius 2 is 1.89 bits per heavy atom. The average Bonchev–Trinajstić information content (AvgIpc) is 2.34. The van der Waals surface area contributed by atoms with Crippen LogP contribution in [0.25, 0.3) is 0 Å². The lowest BCUT2D eigenvalue weighted by Crippen LogP contribution is -2.38. The van der Waals surface area contributed by atoms with Crippen molar-refractivity contribution < 1.29 is 19.8 Å². The van der Waals surface area contributed by atoms with Gasteiger partial charge >= 0.3 is 5.97 Å². The molecule has 1 heterocycles. The number of aliphatic hydroxyl groups excluding tert-OH is 1. The van der Waals surface area contributed by atoms with E-state index in [2.05, 4.69) is 5.32 Å². The fourth-order valence-corrected chi connectivity index (χ4v) is 2.04. The van der Waals surface area contributed by atoms with Gasteiger partial charge in [-0.15, -0.1) is 0 Å². The molecule has 0 aromatic rings. The molecule has 1 aliphatic heterocycles. The van der Waals surface area contributed by atoms with E-state index >= 15 is 0 Å². The van der Waals surface area contributed by atoms with Crippen LogP contribution in [0, 0.1) is 0 Å². The van der Waals surface area contributed by atoms with Gasteiger partial charge in [-0.25, -0.2) is 0 Å². The summed E-state index contributed by atoms with van der Waals surface area (Å²) < 4.78 is 0. The smallest absolute Gasteiger partial charge is 0.306 e. The molecule has 0 radical (unpaired) electrons. The third-order valence-corrected chi connectivity index (χ3v) is 3.01. The Morgan fingerprint density at radius 1 is 1.22 bits per heavy atom. The number of carboxylic acid groups (broad SMARTS) is 1. The van der Waals surface area contributed by atoms with E-state index in [0.717, 1.165) is 25.9 Å². The minimum Gasteiger partial charge on any atom is -0.481 e. The third-order valence-electron chi connectivity index (χ3n) is 3.01. The van der Waals surface area contributed by atoms with Crippen LogP contribution in [0.15, 0.2) is 0 Å². The number of nitrogens with one attached hydrogen (secondary N) is 1. The molecule has 0 aromatic carbocycles. The molecular formula is C12H22N2O4. The number of aliphatic hydroxyl groups is 1.